The molecule has 4 rings (SSSR count). The third kappa shape index (κ3) is 2.80. The highest BCUT2D eigenvalue weighted by Crippen LogP contribution is 2.53. The number of carbonyl (C=O) groups excluding carboxylic acids is 2. The number of hydrogen-bond acceptors (Lipinski definition) is 4. The summed E-state index contributed by atoms with van der Waals surface area (Å²) in [7, 11) is 0. The van der Waals surface area contributed by atoms with Crippen molar-refractivity contribution in [2.75, 3.05) is 13.2 Å². The van der Waals surface area contributed by atoms with Gasteiger partial charge in [-0.05, 0) is 19.3 Å². The Morgan fingerprint density at radius 1 is 1.32 bits per heavy atom. The normalized spacial score (nSPS) is 36.9. The first-order valence-corrected chi connectivity index (χ1v) is 10.0. The van der Waals surface area contributed by atoms with Crippen molar-refractivity contribution in [2.24, 2.45) is 11.8 Å². The molecule has 2 bridgehead atoms. The molecule has 0 aromatic carbocycles. The lowest BCUT2D eigenvalue weighted by molar-refractivity contribution is -0.154. The quantitative estimate of drug-likeness (QED) is 0.421. The van der Waals surface area contributed by atoms with E-state index in [0.717, 1.165) is 32.1 Å². The molecule has 138 valence electrons. The van der Waals surface area contributed by atoms with Crippen LogP contribution in [0.2, 0.25) is 0 Å². The largest absolute Gasteiger partial charge is 0.465 e. The SMILES string of the molecule is CCCCCOC(=O)[C@H]1[C@H]2C(=O)N(C3CCCCC3)C[C@@]23C=C[C@H]1O3. The molecule has 0 radical (unpaired) electrons. The van der Waals surface area contributed by atoms with Crippen LogP contribution in [0.4, 0.5) is 0 Å². The van der Waals surface area contributed by atoms with Crippen LogP contribution in [0.3, 0.4) is 0 Å². The van der Waals surface area contributed by atoms with Crippen molar-refractivity contribution in [3.63, 3.8) is 0 Å². The maximum Gasteiger partial charge on any atom is 0.312 e. The topological polar surface area (TPSA) is 55.8 Å². The molecule has 3 aliphatic heterocycles. The summed E-state index contributed by atoms with van der Waals surface area (Å²) in [6.45, 7) is 3.17. The predicted molar refractivity (Wildman–Crippen MR) is 92.8 cm³/mol. The summed E-state index contributed by atoms with van der Waals surface area (Å²) in [6, 6.07) is 0.318. The summed E-state index contributed by atoms with van der Waals surface area (Å²) in [5.74, 6) is -0.999. The van der Waals surface area contributed by atoms with Gasteiger partial charge in [0, 0.05) is 6.04 Å². The van der Waals surface area contributed by atoms with Crippen molar-refractivity contribution in [1.82, 2.24) is 4.90 Å². The maximum absolute atomic E-state index is 13.2. The van der Waals surface area contributed by atoms with Crippen molar-refractivity contribution in [1.29, 1.82) is 0 Å². The van der Waals surface area contributed by atoms with Gasteiger partial charge in [-0.3, -0.25) is 9.59 Å². The summed E-state index contributed by atoms with van der Waals surface area (Å²) in [4.78, 5) is 27.8. The van der Waals surface area contributed by atoms with Crippen LogP contribution in [-0.4, -0.2) is 47.7 Å². The fraction of sp³-hybridized carbons (Fsp3) is 0.800. The van der Waals surface area contributed by atoms with Gasteiger partial charge in [0.05, 0.1) is 25.2 Å². The van der Waals surface area contributed by atoms with Crippen molar-refractivity contribution in [3.05, 3.63) is 12.2 Å². The summed E-state index contributed by atoms with van der Waals surface area (Å²) in [5, 5.41) is 0. The maximum atomic E-state index is 13.2. The van der Waals surface area contributed by atoms with E-state index in [2.05, 4.69) is 6.92 Å². The Balaban J connectivity index is 1.47. The zero-order valence-corrected chi connectivity index (χ0v) is 15.1. The number of carbonyl (C=O) groups is 2. The van der Waals surface area contributed by atoms with Crippen LogP contribution in [0.5, 0.6) is 0 Å². The van der Waals surface area contributed by atoms with Crippen LogP contribution in [-0.2, 0) is 19.1 Å². The zero-order valence-electron chi connectivity index (χ0n) is 15.1. The van der Waals surface area contributed by atoms with Gasteiger partial charge in [0.2, 0.25) is 5.91 Å². The number of hydrogen-bond donors (Lipinski definition) is 0. The van der Waals surface area contributed by atoms with Crippen LogP contribution in [0.1, 0.15) is 58.3 Å². The summed E-state index contributed by atoms with van der Waals surface area (Å²) < 4.78 is 11.7. The second-order valence-corrected chi connectivity index (χ2v) is 8.03. The first-order valence-electron chi connectivity index (χ1n) is 10.0. The van der Waals surface area contributed by atoms with Gasteiger partial charge in [0.25, 0.3) is 0 Å². The molecular weight excluding hydrogens is 318 g/mol. The zero-order chi connectivity index (χ0) is 17.4. The molecule has 5 heteroatoms. The van der Waals surface area contributed by atoms with Gasteiger partial charge in [-0.25, -0.2) is 0 Å². The molecule has 3 fully saturated rings. The highest BCUT2D eigenvalue weighted by Gasteiger charge is 2.67. The minimum atomic E-state index is -0.591. The first-order chi connectivity index (χ1) is 12.2. The van der Waals surface area contributed by atoms with E-state index in [1.165, 1.54) is 19.3 Å². The average molecular weight is 347 g/mol. The third-order valence-corrected chi connectivity index (χ3v) is 6.41. The molecule has 5 nitrogen and oxygen atoms in total. The lowest BCUT2D eigenvalue weighted by Gasteiger charge is -2.32. The number of unbranched alkanes of at least 4 members (excludes halogenated alkanes) is 2. The molecular formula is C20H29NO4. The molecule has 0 aromatic heterocycles. The molecule has 4 aliphatic rings. The van der Waals surface area contributed by atoms with Gasteiger partial charge in [0.1, 0.15) is 11.5 Å². The third-order valence-electron chi connectivity index (χ3n) is 6.41. The standard InChI is InChI=1S/C20H29NO4/c1-2-3-7-12-24-19(23)16-15-10-11-20(25-15)13-21(18(22)17(16)20)14-8-5-4-6-9-14/h10-11,14-17H,2-9,12-13H2,1H3/t15-,16-,17+,20+/m1/s1. The summed E-state index contributed by atoms with van der Waals surface area (Å²) >= 11 is 0. The smallest absolute Gasteiger partial charge is 0.312 e. The lowest BCUT2D eigenvalue weighted by atomic mass is 9.77. The Kier molecular flexibility index (Phi) is 4.61. The van der Waals surface area contributed by atoms with E-state index in [0.29, 0.717) is 19.2 Å². The molecule has 1 saturated carbocycles. The molecule has 1 spiro atoms. The van der Waals surface area contributed by atoms with Crippen LogP contribution < -0.4 is 0 Å². The fourth-order valence-corrected chi connectivity index (χ4v) is 5.12. The first kappa shape index (κ1) is 17.1. The molecule has 0 aromatic rings. The molecule has 3 heterocycles. The van der Waals surface area contributed by atoms with Gasteiger partial charge < -0.3 is 14.4 Å². The van der Waals surface area contributed by atoms with Crippen molar-refractivity contribution >= 4 is 11.9 Å². The monoisotopic (exact) mass is 347 g/mol. The molecule has 4 atom stereocenters. The Labute approximate surface area is 149 Å². The summed E-state index contributed by atoms with van der Waals surface area (Å²) in [6.07, 6.45) is 12.5. The highest BCUT2D eigenvalue weighted by atomic mass is 16.6. The van der Waals surface area contributed by atoms with E-state index >= 15 is 0 Å². The van der Waals surface area contributed by atoms with Gasteiger partial charge >= 0.3 is 5.97 Å². The van der Waals surface area contributed by atoms with E-state index < -0.39 is 11.5 Å². The number of ether oxygens (including phenoxy) is 2. The Hall–Kier alpha value is -1.36. The Bertz CT molecular complexity index is 568. The van der Waals surface area contributed by atoms with Gasteiger partial charge in [-0.1, -0.05) is 51.2 Å². The number of likely N-dealkylation sites (tertiary alicyclic amines) is 1. The van der Waals surface area contributed by atoms with Crippen LogP contribution >= 0.6 is 0 Å². The molecule has 1 aliphatic carbocycles. The van der Waals surface area contributed by atoms with Crippen molar-refractivity contribution < 1.29 is 19.1 Å². The number of esters is 1. The van der Waals surface area contributed by atoms with Crippen LogP contribution in [0.15, 0.2) is 12.2 Å². The number of amides is 1. The number of fused-ring (bicyclic) bond motifs is 1. The Morgan fingerprint density at radius 2 is 2.12 bits per heavy atom. The molecule has 25 heavy (non-hydrogen) atoms. The van der Waals surface area contributed by atoms with E-state index in [1.807, 2.05) is 17.1 Å². The average Bonchev–Trinajstić information content (AvgIpc) is 3.28. The molecule has 2 saturated heterocycles. The summed E-state index contributed by atoms with van der Waals surface area (Å²) in [5.41, 5.74) is -0.591. The van der Waals surface area contributed by atoms with Gasteiger partial charge in [-0.2, -0.15) is 0 Å². The lowest BCUT2D eigenvalue weighted by Crippen LogP contribution is -2.42. The van der Waals surface area contributed by atoms with E-state index in [4.69, 9.17) is 9.47 Å². The van der Waals surface area contributed by atoms with Gasteiger partial charge in [-0.15, -0.1) is 0 Å². The van der Waals surface area contributed by atoms with Crippen molar-refractivity contribution in [2.45, 2.75) is 76.0 Å². The Morgan fingerprint density at radius 3 is 2.88 bits per heavy atom. The van der Waals surface area contributed by atoms with E-state index in [1.54, 1.807) is 0 Å². The molecule has 1 amide bonds. The molecule has 0 unspecified atom stereocenters. The number of rotatable bonds is 6. The number of nitrogens with zero attached hydrogens (tertiary/aromatic N) is 1. The molecule has 0 N–H and O–H groups in total. The van der Waals surface area contributed by atoms with Crippen LogP contribution in [0.25, 0.3) is 0 Å². The minimum absolute atomic E-state index is 0.106. The second-order valence-electron chi connectivity index (χ2n) is 8.03. The van der Waals surface area contributed by atoms with Crippen molar-refractivity contribution in [3.8, 4) is 0 Å². The predicted octanol–water partition coefficient (Wildman–Crippen LogP) is 2.83. The van der Waals surface area contributed by atoms with E-state index in [9.17, 15) is 9.59 Å². The fourth-order valence-electron chi connectivity index (χ4n) is 5.12. The minimum Gasteiger partial charge on any atom is -0.465 e. The van der Waals surface area contributed by atoms with Gasteiger partial charge in [0.15, 0.2) is 0 Å². The highest BCUT2D eigenvalue weighted by molar-refractivity contribution is 5.91. The van der Waals surface area contributed by atoms with E-state index in [-0.39, 0.29) is 23.9 Å². The van der Waals surface area contributed by atoms with Crippen LogP contribution in [0, 0.1) is 11.8 Å². The second kappa shape index (κ2) is 6.75.